The molecule has 110 valence electrons. The monoisotopic (exact) mass is 278 g/mol. The van der Waals surface area contributed by atoms with E-state index in [2.05, 4.69) is 11.7 Å². The van der Waals surface area contributed by atoms with Gasteiger partial charge in [-0.05, 0) is 12.5 Å². The van der Waals surface area contributed by atoms with Crippen molar-refractivity contribution in [2.75, 3.05) is 13.7 Å². The van der Waals surface area contributed by atoms with Gasteiger partial charge in [0.15, 0.2) is 0 Å². The van der Waals surface area contributed by atoms with Gasteiger partial charge in [0.25, 0.3) is 0 Å². The van der Waals surface area contributed by atoms with Gasteiger partial charge in [-0.15, -0.1) is 0 Å². The number of hydrogen-bond donors (Lipinski definition) is 0. The average molecular weight is 278 g/mol. The normalized spacial score (nSPS) is 10.1. The van der Waals surface area contributed by atoms with Crippen LogP contribution in [0.1, 0.15) is 38.2 Å². The molecule has 4 nitrogen and oxygen atoms in total. The average Bonchev–Trinajstić information content (AvgIpc) is 2.47. The Labute approximate surface area is 120 Å². The lowest BCUT2D eigenvalue weighted by Crippen LogP contribution is -2.18. The van der Waals surface area contributed by atoms with Gasteiger partial charge in [-0.2, -0.15) is 0 Å². The molecule has 20 heavy (non-hydrogen) atoms. The highest BCUT2D eigenvalue weighted by molar-refractivity contribution is 6.34. The summed E-state index contributed by atoms with van der Waals surface area (Å²) in [6.07, 6.45) is 4.53. The van der Waals surface area contributed by atoms with Gasteiger partial charge in [-0.1, -0.05) is 44.4 Å². The third-order valence-corrected chi connectivity index (χ3v) is 2.99. The molecule has 4 heteroatoms. The molecule has 0 saturated carbocycles. The van der Waals surface area contributed by atoms with Gasteiger partial charge in [0, 0.05) is 12.0 Å². The van der Waals surface area contributed by atoms with Crippen LogP contribution in [-0.4, -0.2) is 25.5 Å². The van der Waals surface area contributed by atoms with E-state index in [4.69, 9.17) is 4.74 Å². The Morgan fingerprint density at radius 3 is 2.55 bits per heavy atom. The van der Waals surface area contributed by atoms with Crippen molar-refractivity contribution >= 4 is 11.8 Å². The summed E-state index contributed by atoms with van der Waals surface area (Å²) in [6.45, 7) is 2.79. The van der Waals surface area contributed by atoms with Crippen LogP contribution in [0, 0.1) is 0 Å². The molecule has 0 amide bonds. The first-order valence-electron chi connectivity index (χ1n) is 7.00. The molecule has 0 bridgehead atoms. The van der Waals surface area contributed by atoms with E-state index >= 15 is 0 Å². The van der Waals surface area contributed by atoms with E-state index in [1.807, 2.05) is 18.2 Å². The van der Waals surface area contributed by atoms with E-state index in [0.29, 0.717) is 12.4 Å². The minimum atomic E-state index is -0.817. The van der Waals surface area contributed by atoms with Gasteiger partial charge in [-0.3, -0.25) is 4.79 Å². The summed E-state index contributed by atoms with van der Waals surface area (Å²) < 4.78 is 10.1. The van der Waals surface area contributed by atoms with Gasteiger partial charge in [0.1, 0.15) is 5.75 Å². The molecular formula is C16H22O4. The Kier molecular flexibility index (Phi) is 7.40. The number of para-hydroxylation sites is 1. The number of rotatable bonds is 9. The first-order chi connectivity index (χ1) is 9.69. The molecule has 0 aromatic heterocycles. The molecular weight excluding hydrogens is 256 g/mol. The van der Waals surface area contributed by atoms with Crippen molar-refractivity contribution in [1.82, 2.24) is 0 Å². The van der Waals surface area contributed by atoms with Crippen LogP contribution in [0.5, 0.6) is 5.75 Å². The second kappa shape index (κ2) is 9.13. The number of unbranched alkanes of at least 4 members (excludes halogenated alkanes) is 3. The summed E-state index contributed by atoms with van der Waals surface area (Å²) in [4.78, 5) is 22.7. The van der Waals surface area contributed by atoms with Crippen LogP contribution in [0.4, 0.5) is 0 Å². The number of ketones is 1. The number of esters is 1. The van der Waals surface area contributed by atoms with Crippen LogP contribution in [0.25, 0.3) is 0 Å². The van der Waals surface area contributed by atoms with Crippen molar-refractivity contribution in [3.8, 4) is 5.75 Å². The number of methoxy groups -OCH3 is 1. The molecule has 0 saturated heterocycles. The standard InChI is InChI=1S/C16H22O4/c1-3-4-5-8-11-20-15-10-7-6-9-13(15)12-14(17)16(18)19-2/h6-7,9-10H,3-5,8,11-12H2,1-2H3. The SMILES string of the molecule is CCCCCCOc1ccccc1CC(=O)C(=O)OC. The number of benzene rings is 1. The fraction of sp³-hybridized carbons (Fsp3) is 0.500. The summed E-state index contributed by atoms with van der Waals surface area (Å²) >= 11 is 0. The van der Waals surface area contributed by atoms with Gasteiger partial charge in [0.2, 0.25) is 5.78 Å². The Hall–Kier alpha value is -1.84. The van der Waals surface area contributed by atoms with Crippen molar-refractivity contribution in [1.29, 1.82) is 0 Å². The van der Waals surface area contributed by atoms with Crippen LogP contribution in [0.2, 0.25) is 0 Å². The second-order valence-corrected chi connectivity index (χ2v) is 4.61. The third kappa shape index (κ3) is 5.43. The molecule has 0 aliphatic rings. The minimum absolute atomic E-state index is 0.0117. The molecule has 0 spiro atoms. The number of carbonyl (C=O) groups is 2. The lowest BCUT2D eigenvalue weighted by molar-refractivity contribution is -0.151. The van der Waals surface area contributed by atoms with E-state index < -0.39 is 11.8 Å². The predicted octanol–water partition coefficient (Wildman–Crippen LogP) is 2.93. The third-order valence-electron chi connectivity index (χ3n) is 2.99. The Bertz CT molecular complexity index is 440. The molecule has 0 atom stereocenters. The lowest BCUT2D eigenvalue weighted by Gasteiger charge is -2.10. The Balaban J connectivity index is 2.55. The summed E-state index contributed by atoms with van der Waals surface area (Å²) in [6, 6.07) is 7.29. The van der Waals surface area contributed by atoms with Crippen molar-refractivity contribution in [2.24, 2.45) is 0 Å². The maximum Gasteiger partial charge on any atom is 0.374 e. The smallest absolute Gasteiger partial charge is 0.374 e. The highest BCUT2D eigenvalue weighted by atomic mass is 16.5. The quantitative estimate of drug-likeness (QED) is 0.396. The summed E-state index contributed by atoms with van der Waals surface area (Å²) in [5.41, 5.74) is 0.721. The zero-order valence-electron chi connectivity index (χ0n) is 12.2. The summed E-state index contributed by atoms with van der Waals surface area (Å²) in [5, 5.41) is 0. The predicted molar refractivity (Wildman–Crippen MR) is 76.8 cm³/mol. The fourth-order valence-electron chi connectivity index (χ4n) is 1.86. The molecule has 0 radical (unpaired) electrons. The topological polar surface area (TPSA) is 52.6 Å². The van der Waals surface area contributed by atoms with E-state index in [-0.39, 0.29) is 6.42 Å². The molecule has 1 rings (SSSR count). The zero-order chi connectivity index (χ0) is 14.8. The summed E-state index contributed by atoms with van der Waals surface area (Å²) in [5.74, 6) is -0.710. The molecule has 1 aromatic rings. The molecule has 0 aliphatic carbocycles. The van der Waals surface area contributed by atoms with Gasteiger partial charge in [-0.25, -0.2) is 4.79 Å². The number of Topliss-reactive ketones (excluding diaryl/α,β-unsaturated/α-hetero) is 1. The Morgan fingerprint density at radius 2 is 1.85 bits per heavy atom. The van der Waals surface area contributed by atoms with Crippen molar-refractivity contribution in [2.45, 2.75) is 39.0 Å². The molecule has 0 N–H and O–H groups in total. The van der Waals surface area contributed by atoms with Gasteiger partial charge >= 0.3 is 5.97 Å². The van der Waals surface area contributed by atoms with E-state index in [0.717, 1.165) is 18.4 Å². The molecule has 0 aliphatic heterocycles. The first kappa shape index (κ1) is 16.2. The first-order valence-corrected chi connectivity index (χ1v) is 7.00. The number of hydrogen-bond acceptors (Lipinski definition) is 4. The van der Waals surface area contributed by atoms with E-state index in [1.54, 1.807) is 6.07 Å². The van der Waals surface area contributed by atoms with Gasteiger partial charge < -0.3 is 9.47 Å². The van der Waals surface area contributed by atoms with Crippen LogP contribution in [-0.2, 0) is 20.7 Å². The fourth-order valence-corrected chi connectivity index (χ4v) is 1.86. The molecule has 0 fully saturated rings. The molecule has 1 aromatic carbocycles. The lowest BCUT2D eigenvalue weighted by atomic mass is 10.1. The highest BCUT2D eigenvalue weighted by Crippen LogP contribution is 2.19. The van der Waals surface area contributed by atoms with Crippen LogP contribution in [0.3, 0.4) is 0 Å². The largest absolute Gasteiger partial charge is 0.493 e. The van der Waals surface area contributed by atoms with E-state index in [9.17, 15) is 9.59 Å². The van der Waals surface area contributed by atoms with E-state index in [1.165, 1.54) is 20.0 Å². The van der Waals surface area contributed by atoms with Crippen LogP contribution in [0.15, 0.2) is 24.3 Å². The maximum atomic E-state index is 11.6. The van der Waals surface area contributed by atoms with Crippen molar-refractivity contribution in [3.63, 3.8) is 0 Å². The minimum Gasteiger partial charge on any atom is -0.493 e. The Morgan fingerprint density at radius 1 is 1.10 bits per heavy atom. The number of ether oxygens (including phenoxy) is 2. The van der Waals surface area contributed by atoms with Crippen molar-refractivity contribution in [3.05, 3.63) is 29.8 Å². The molecule has 0 heterocycles. The molecule has 0 unspecified atom stereocenters. The van der Waals surface area contributed by atoms with Gasteiger partial charge in [0.05, 0.1) is 13.7 Å². The number of carbonyl (C=O) groups excluding carboxylic acids is 2. The van der Waals surface area contributed by atoms with Crippen LogP contribution < -0.4 is 4.74 Å². The zero-order valence-corrected chi connectivity index (χ0v) is 12.2. The second-order valence-electron chi connectivity index (χ2n) is 4.61. The van der Waals surface area contributed by atoms with Crippen LogP contribution >= 0.6 is 0 Å². The van der Waals surface area contributed by atoms with Crippen molar-refractivity contribution < 1.29 is 19.1 Å². The summed E-state index contributed by atoms with van der Waals surface area (Å²) in [7, 11) is 1.20. The highest BCUT2D eigenvalue weighted by Gasteiger charge is 2.16. The maximum absolute atomic E-state index is 11.6.